The van der Waals surface area contributed by atoms with E-state index in [1.165, 1.54) is 11.5 Å². The molecule has 3 N–H and O–H groups in total. The molecule has 36 heavy (non-hydrogen) atoms. The fourth-order valence-corrected chi connectivity index (χ4v) is 4.90. The van der Waals surface area contributed by atoms with Crippen molar-refractivity contribution in [2.75, 3.05) is 38.7 Å². The fourth-order valence-electron chi connectivity index (χ4n) is 4.90. The minimum atomic E-state index is -0.620. The number of pyridine rings is 1. The molecule has 2 saturated heterocycles. The van der Waals surface area contributed by atoms with Crippen molar-refractivity contribution >= 4 is 29.2 Å². The zero-order chi connectivity index (χ0) is 25.2. The van der Waals surface area contributed by atoms with Gasteiger partial charge in [-0.25, -0.2) is 19.1 Å². The molecule has 0 unspecified atom stereocenters. The number of carbonyl (C=O) groups excluding carboxylic acids is 3. The van der Waals surface area contributed by atoms with Crippen LogP contribution in [0.4, 0.5) is 10.5 Å². The summed E-state index contributed by atoms with van der Waals surface area (Å²) in [6, 6.07) is 9.85. The maximum absolute atomic E-state index is 13.3. The smallest absolute Gasteiger partial charge is 0.411 e. The molecule has 2 aliphatic rings. The van der Waals surface area contributed by atoms with E-state index in [-0.39, 0.29) is 23.8 Å². The zero-order valence-electron chi connectivity index (χ0n) is 19.6. The molecule has 1 aromatic carbocycles. The van der Waals surface area contributed by atoms with Crippen LogP contribution in [0.25, 0.3) is 5.65 Å². The number of hydrogen-bond donors (Lipinski definition) is 3. The summed E-state index contributed by atoms with van der Waals surface area (Å²) < 4.78 is 11.9. The minimum Gasteiger partial charge on any atom is -0.453 e. The summed E-state index contributed by atoms with van der Waals surface area (Å²) >= 11 is 0. The van der Waals surface area contributed by atoms with Crippen LogP contribution in [0.2, 0.25) is 0 Å². The number of rotatable bonds is 5. The molecule has 12 nitrogen and oxygen atoms in total. The van der Waals surface area contributed by atoms with E-state index in [1.54, 1.807) is 47.5 Å². The number of H-pyrrole nitrogens is 1. The molecule has 0 saturated carbocycles. The lowest BCUT2D eigenvalue weighted by molar-refractivity contribution is 0.0541. The number of aromatic amines is 1. The number of nitrogens with one attached hydrogen (secondary N) is 3. The van der Waals surface area contributed by atoms with E-state index in [4.69, 9.17) is 4.74 Å². The number of likely N-dealkylation sites (tertiary alicyclic amines) is 1. The predicted molar refractivity (Wildman–Crippen MR) is 128 cm³/mol. The predicted octanol–water partition coefficient (Wildman–Crippen LogP) is 1.11. The molecular formula is C24H26N6O6. The van der Waals surface area contributed by atoms with Crippen LogP contribution in [0.5, 0.6) is 0 Å². The average Bonchev–Trinajstić information content (AvgIpc) is 3.49. The maximum atomic E-state index is 13.3. The molecular weight excluding hydrogens is 468 g/mol. The molecule has 0 radical (unpaired) electrons. The first-order valence-electron chi connectivity index (χ1n) is 11.6. The normalized spacial score (nSPS) is 21.1. The van der Waals surface area contributed by atoms with E-state index in [1.807, 2.05) is 0 Å². The highest BCUT2D eigenvalue weighted by molar-refractivity contribution is 5.99. The Balaban J connectivity index is 1.23. The van der Waals surface area contributed by atoms with E-state index in [9.17, 15) is 19.2 Å². The number of methoxy groups -OCH3 is 1. The molecule has 0 bridgehead atoms. The van der Waals surface area contributed by atoms with Gasteiger partial charge in [0.15, 0.2) is 5.65 Å². The number of piperidine rings is 1. The van der Waals surface area contributed by atoms with Crippen molar-refractivity contribution in [2.24, 2.45) is 11.8 Å². The fraction of sp³-hybridized carbons (Fsp3) is 0.375. The Morgan fingerprint density at radius 1 is 1.25 bits per heavy atom. The number of nitrogens with zero attached hydrogens (tertiary/aromatic N) is 3. The second-order valence-electron chi connectivity index (χ2n) is 8.89. The van der Waals surface area contributed by atoms with E-state index >= 15 is 0 Å². The summed E-state index contributed by atoms with van der Waals surface area (Å²) in [5, 5.41) is 11.8. The van der Waals surface area contributed by atoms with Gasteiger partial charge in [0.05, 0.1) is 25.4 Å². The summed E-state index contributed by atoms with van der Waals surface area (Å²) in [5.74, 6) is -0.124. The molecule has 3 atom stereocenters. The van der Waals surface area contributed by atoms with Crippen molar-refractivity contribution in [1.29, 1.82) is 0 Å². The topological polar surface area (TPSA) is 147 Å². The zero-order valence-corrected chi connectivity index (χ0v) is 19.6. The summed E-state index contributed by atoms with van der Waals surface area (Å²) in [5.41, 5.74) is 1.09. The number of carbonyl (C=O) groups is 3. The molecule has 0 aliphatic carbocycles. The van der Waals surface area contributed by atoms with Gasteiger partial charge in [0.25, 0.3) is 11.8 Å². The standard InChI is InChI=1S/C24H26N6O6/c1-35-24(34)26-16-5-2-4-14(10-16)21(31)25-11-19-18-12-29(9-7-15(18)13-36-19)22(32)17-6-3-8-30-20(17)27-28-23(30)33/h2-6,8,10,15,18-19H,7,9,11-13H2,1H3,(H,25,31)(H,26,34)(H,28,33)/t15-,18+,19+/m0/s1. The molecule has 5 rings (SSSR count). The lowest BCUT2D eigenvalue weighted by Gasteiger charge is -2.36. The molecule has 0 spiro atoms. The first-order valence-corrected chi connectivity index (χ1v) is 11.6. The third-order valence-electron chi connectivity index (χ3n) is 6.79. The lowest BCUT2D eigenvalue weighted by Crippen LogP contribution is -2.47. The third kappa shape index (κ3) is 4.54. The highest BCUT2D eigenvalue weighted by atomic mass is 16.5. The van der Waals surface area contributed by atoms with Gasteiger partial charge < -0.3 is 19.7 Å². The van der Waals surface area contributed by atoms with Gasteiger partial charge in [-0.1, -0.05) is 6.07 Å². The molecule has 2 aromatic heterocycles. The highest BCUT2D eigenvalue weighted by Crippen LogP contribution is 2.34. The molecule has 3 amide bonds. The van der Waals surface area contributed by atoms with Crippen molar-refractivity contribution in [3.63, 3.8) is 0 Å². The monoisotopic (exact) mass is 494 g/mol. The molecule has 4 heterocycles. The third-order valence-corrected chi connectivity index (χ3v) is 6.79. The number of fused-ring (bicyclic) bond motifs is 2. The van der Waals surface area contributed by atoms with Crippen molar-refractivity contribution in [1.82, 2.24) is 24.8 Å². The number of amides is 3. The number of ether oxygens (including phenoxy) is 2. The van der Waals surface area contributed by atoms with Crippen LogP contribution < -0.4 is 16.3 Å². The Labute approximate surface area is 205 Å². The van der Waals surface area contributed by atoms with Crippen LogP contribution in [-0.4, -0.2) is 76.9 Å². The Morgan fingerprint density at radius 2 is 2.11 bits per heavy atom. The van der Waals surface area contributed by atoms with Crippen LogP contribution in [0.15, 0.2) is 47.4 Å². The van der Waals surface area contributed by atoms with Gasteiger partial charge in [-0.05, 0) is 42.7 Å². The second kappa shape index (κ2) is 9.82. The number of anilines is 1. The summed E-state index contributed by atoms with van der Waals surface area (Å²) in [7, 11) is 1.26. The second-order valence-corrected chi connectivity index (χ2v) is 8.89. The summed E-state index contributed by atoms with van der Waals surface area (Å²) in [4.78, 5) is 51.1. The Hall–Kier alpha value is -4.19. The number of aromatic nitrogens is 3. The van der Waals surface area contributed by atoms with E-state index < -0.39 is 11.8 Å². The molecule has 12 heteroatoms. The Morgan fingerprint density at radius 3 is 2.94 bits per heavy atom. The highest BCUT2D eigenvalue weighted by Gasteiger charge is 2.42. The van der Waals surface area contributed by atoms with E-state index in [0.717, 1.165) is 6.42 Å². The Kier molecular flexibility index (Phi) is 6.42. The maximum Gasteiger partial charge on any atom is 0.411 e. The molecule has 2 aliphatic heterocycles. The van der Waals surface area contributed by atoms with Crippen molar-refractivity contribution in [3.8, 4) is 0 Å². The van der Waals surface area contributed by atoms with Crippen molar-refractivity contribution in [3.05, 3.63) is 64.2 Å². The minimum absolute atomic E-state index is 0.0661. The van der Waals surface area contributed by atoms with Gasteiger partial charge in [0.1, 0.15) is 0 Å². The largest absolute Gasteiger partial charge is 0.453 e. The summed E-state index contributed by atoms with van der Waals surface area (Å²) in [6.07, 6.45) is 1.49. The molecule has 2 fully saturated rings. The summed E-state index contributed by atoms with van der Waals surface area (Å²) in [6.45, 7) is 1.94. The first kappa shape index (κ1) is 23.5. The molecule has 3 aromatic rings. The van der Waals surface area contributed by atoms with Gasteiger partial charge in [-0.2, -0.15) is 5.10 Å². The van der Waals surface area contributed by atoms with E-state index in [2.05, 4.69) is 25.6 Å². The first-order chi connectivity index (χ1) is 17.4. The van der Waals surface area contributed by atoms with Gasteiger partial charge in [0.2, 0.25) is 0 Å². The van der Waals surface area contributed by atoms with Crippen LogP contribution >= 0.6 is 0 Å². The van der Waals surface area contributed by atoms with Gasteiger partial charge >= 0.3 is 11.8 Å². The van der Waals surface area contributed by atoms with Gasteiger partial charge in [-0.15, -0.1) is 0 Å². The number of hydrogen-bond acceptors (Lipinski definition) is 7. The quantitative estimate of drug-likeness (QED) is 0.481. The lowest BCUT2D eigenvalue weighted by atomic mass is 9.84. The van der Waals surface area contributed by atoms with Gasteiger partial charge in [-0.3, -0.25) is 14.9 Å². The van der Waals surface area contributed by atoms with Crippen molar-refractivity contribution in [2.45, 2.75) is 12.5 Å². The average molecular weight is 495 g/mol. The van der Waals surface area contributed by atoms with Gasteiger partial charge in [0, 0.05) is 43.0 Å². The number of benzene rings is 1. The van der Waals surface area contributed by atoms with Crippen LogP contribution in [0, 0.1) is 11.8 Å². The Bertz CT molecular complexity index is 1370. The molecule has 188 valence electrons. The van der Waals surface area contributed by atoms with Crippen LogP contribution in [0.1, 0.15) is 27.1 Å². The van der Waals surface area contributed by atoms with Crippen molar-refractivity contribution < 1.29 is 23.9 Å². The van der Waals surface area contributed by atoms with Crippen LogP contribution in [-0.2, 0) is 9.47 Å². The van der Waals surface area contributed by atoms with Crippen LogP contribution in [0.3, 0.4) is 0 Å². The SMILES string of the molecule is COC(=O)Nc1cccc(C(=O)NC[C@H]2OC[C@@H]3CCN(C(=O)c4cccn5c(=O)[nH]nc45)C[C@H]32)c1. The van der Waals surface area contributed by atoms with E-state index in [0.29, 0.717) is 54.6 Å².